The number of thioether (sulfide) groups is 2. The molecule has 0 fully saturated rings. The highest BCUT2D eigenvalue weighted by atomic mass is 32.2. The van der Waals surface area contributed by atoms with E-state index in [0.29, 0.717) is 5.25 Å². The van der Waals surface area contributed by atoms with Crippen molar-refractivity contribution in [1.82, 2.24) is 0 Å². The molecule has 0 aromatic heterocycles. The van der Waals surface area contributed by atoms with Crippen molar-refractivity contribution in [3.05, 3.63) is 59.7 Å². The minimum atomic E-state index is -0.361. The van der Waals surface area contributed by atoms with E-state index in [-0.39, 0.29) is 5.44 Å². The van der Waals surface area contributed by atoms with Crippen molar-refractivity contribution < 1.29 is 5.11 Å². The van der Waals surface area contributed by atoms with Crippen LogP contribution in [0.25, 0.3) is 0 Å². The summed E-state index contributed by atoms with van der Waals surface area (Å²) < 4.78 is 0. The van der Waals surface area contributed by atoms with E-state index in [2.05, 4.69) is 69.3 Å². The SMILES string of the molecule is Cc1ccc(SC(C)CC(O)Sc2ccc(C)cc2)cc1. The Labute approximate surface area is 136 Å². The van der Waals surface area contributed by atoms with Crippen molar-refractivity contribution in [3.8, 4) is 0 Å². The Hall–Kier alpha value is -0.900. The average Bonchev–Trinajstić information content (AvgIpc) is 2.44. The molecule has 0 radical (unpaired) electrons. The molecule has 0 spiro atoms. The summed E-state index contributed by atoms with van der Waals surface area (Å²) in [5, 5.41) is 10.6. The standard InChI is InChI=1S/C18H22OS2/c1-13-4-8-16(9-5-13)20-15(3)12-18(19)21-17-10-6-14(2)7-11-17/h4-11,15,18-19H,12H2,1-3H3. The third-order valence-electron chi connectivity index (χ3n) is 3.18. The molecule has 2 unspecified atom stereocenters. The fourth-order valence-corrected chi connectivity index (χ4v) is 4.15. The van der Waals surface area contributed by atoms with Crippen LogP contribution in [-0.4, -0.2) is 15.8 Å². The fraction of sp³-hybridized carbons (Fsp3) is 0.333. The van der Waals surface area contributed by atoms with Crippen LogP contribution in [0.3, 0.4) is 0 Å². The molecule has 2 rings (SSSR count). The number of hydrogen-bond donors (Lipinski definition) is 1. The minimum Gasteiger partial charge on any atom is -0.382 e. The summed E-state index contributed by atoms with van der Waals surface area (Å²) >= 11 is 3.36. The van der Waals surface area contributed by atoms with Crippen LogP contribution in [0.15, 0.2) is 58.3 Å². The highest BCUT2D eigenvalue weighted by Crippen LogP contribution is 2.31. The number of aliphatic hydroxyl groups is 1. The highest BCUT2D eigenvalue weighted by Gasteiger charge is 2.13. The molecule has 0 amide bonds. The highest BCUT2D eigenvalue weighted by molar-refractivity contribution is 8.00. The van der Waals surface area contributed by atoms with Gasteiger partial charge in [0.25, 0.3) is 0 Å². The lowest BCUT2D eigenvalue weighted by Crippen LogP contribution is -2.09. The van der Waals surface area contributed by atoms with Crippen LogP contribution >= 0.6 is 23.5 Å². The van der Waals surface area contributed by atoms with Crippen molar-refractivity contribution >= 4 is 23.5 Å². The minimum absolute atomic E-state index is 0.361. The van der Waals surface area contributed by atoms with E-state index in [1.807, 2.05) is 11.8 Å². The lowest BCUT2D eigenvalue weighted by atomic mass is 10.2. The van der Waals surface area contributed by atoms with E-state index >= 15 is 0 Å². The first-order valence-corrected chi connectivity index (χ1v) is 8.93. The maximum atomic E-state index is 10.2. The first-order valence-electron chi connectivity index (χ1n) is 7.17. The first kappa shape index (κ1) is 16.5. The Morgan fingerprint density at radius 2 is 1.24 bits per heavy atom. The molecular weight excluding hydrogens is 296 g/mol. The van der Waals surface area contributed by atoms with Crippen LogP contribution in [0.4, 0.5) is 0 Å². The molecule has 0 bridgehead atoms. The Kier molecular flexibility index (Phi) is 6.22. The maximum absolute atomic E-state index is 10.2. The van der Waals surface area contributed by atoms with E-state index in [4.69, 9.17) is 0 Å². The summed E-state index contributed by atoms with van der Waals surface area (Å²) in [7, 11) is 0. The summed E-state index contributed by atoms with van der Waals surface area (Å²) in [4.78, 5) is 2.39. The molecule has 21 heavy (non-hydrogen) atoms. The van der Waals surface area contributed by atoms with Gasteiger partial charge in [0.1, 0.15) is 5.44 Å². The maximum Gasteiger partial charge on any atom is 0.105 e. The molecule has 3 heteroatoms. The second-order valence-electron chi connectivity index (χ2n) is 5.36. The third kappa shape index (κ3) is 5.77. The summed E-state index contributed by atoms with van der Waals surface area (Å²) in [5.41, 5.74) is 2.17. The first-order chi connectivity index (χ1) is 10.0. The molecule has 2 atom stereocenters. The molecule has 1 N–H and O–H groups in total. The molecule has 0 heterocycles. The number of aliphatic hydroxyl groups excluding tert-OH is 1. The van der Waals surface area contributed by atoms with Gasteiger partial charge in [-0.05, 0) is 44.5 Å². The van der Waals surface area contributed by atoms with Crippen molar-refractivity contribution in [3.63, 3.8) is 0 Å². The largest absolute Gasteiger partial charge is 0.382 e. The van der Waals surface area contributed by atoms with E-state index in [9.17, 15) is 5.11 Å². The van der Waals surface area contributed by atoms with Gasteiger partial charge < -0.3 is 5.11 Å². The molecule has 1 nitrogen and oxygen atoms in total. The number of benzene rings is 2. The van der Waals surface area contributed by atoms with Crippen molar-refractivity contribution in [2.24, 2.45) is 0 Å². The molecule has 0 saturated heterocycles. The van der Waals surface area contributed by atoms with Gasteiger partial charge in [-0.1, -0.05) is 54.1 Å². The molecule has 2 aromatic rings. The molecule has 0 aliphatic heterocycles. The summed E-state index contributed by atoms with van der Waals surface area (Å²) in [6, 6.07) is 16.9. The van der Waals surface area contributed by atoms with Crippen LogP contribution in [0, 0.1) is 13.8 Å². The van der Waals surface area contributed by atoms with Gasteiger partial charge in [-0.15, -0.1) is 11.8 Å². The number of rotatable bonds is 6. The zero-order valence-corrected chi connectivity index (χ0v) is 14.4. The molecule has 0 saturated carbocycles. The Morgan fingerprint density at radius 1 is 0.810 bits per heavy atom. The Bertz CT molecular complexity index is 497. The second kappa shape index (κ2) is 7.92. The Morgan fingerprint density at radius 3 is 1.71 bits per heavy atom. The second-order valence-corrected chi connectivity index (χ2v) is 8.13. The van der Waals surface area contributed by atoms with E-state index < -0.39 is 0 Å². The fourth-order valence-electron chi connectivity index (χ4n) is 2.00. The molecule has 2 aromatic carbocycles. The van der Waals surface area contributed by atoms with E-state index in [0.717, 1.165) is 11.3 Å². The quantitative estimate of drug-likeness (QED) is 0.577. The van der Waals surface area contributed by atoms with Gasteiger partial charge in [0.05, 0.1) is 0 Å². The van der Waals surface area contributed by atoms with Gasteiger partial charge >= 0.3 is 0 Å². The Balaban J connectivity index is 1.82. The molecule has 0 aliphatic rings. The monoisotopic (exact) mass is 318 g/mol. The van der Waals surface area contributed by atoms with Crippen LogP contribution in [-0.2, 0) is 0 Å². The van der Waals surface area contributed by atoms with Crippen LogP contribution < -0.4 is 0 Å². The summed E-state index contributed by atoms with van der Waals surface area (Å²) in [6.07, 6.45) is 0.775. The topological polar surface area (TPSA) is 20.2 Å². The third-order valence-corrected chi connectivity index (χ3v) is 5.33. The van der Waals surface area contributed by atoms with Crippen LogP contribution in [0.1, 0.15) is 24.5 Å². The predicted octanol–water partition coefficient (Wildman–Crippen LogP) is 5.28. The van der Waals surface area contributed by atoms with Crippen LogP contribution in [0.5, 0.6) is 0 Å². The van der Waals surface area contributed by atoms with Gasteiger partial charge in [-0.2, -0.15) is 0 Å². The zero-order valence-electron chi connectivity index (χ0n) is 12.7. The van der Waals surface area contributed by atoms with Gasteiger partial charge in [-0.3, -0.25) is 0 Å². The van der Waals surface area contributed by atoms with Crippen molar-refractivity contribution in [1.29, 1.82) is 0 Å². The lowest BCUT2D eigenvalue weighted by Gasteiger charge is -2.16. The molecule has 0 aliphatic carbocycles. The number of aryl methyl sites for hydroxylation is 2. The normalized spacial score (nSPS) is 13.9. The van der Waals surface area contributed by atoms with Crippen molar-refractivity contribution in [2.75, 3.05) is 0 Å². The molecule has 112 valence electrons. The summed E-state index contributed by atoms with van der Waals surface area (Å²) in [5.74, 6) is 0. The molecular formula is C18H22OS2. The predicted molar refractivity (Wildman–Crippen MR) is 94.2 cm³/mol. The van der Waals surface area contributed by atoms with E-state index in [1.54, 1.807) is 0 Å². The van der Waals surface area contributed by atoms with Gasteiger partial charge in [0.15, 0.2) is 0 Å². The lowest BCUT2D eigenvalue weighted by molar-refractivity contribution is 0.253. The van der Waals surface area contributed by atoms with Gasteiger partial charge in [0.2, 0.25) is 0 Å². The zero-order chi connectivity index (χ0) is 15.2. The number of hydrogen-bond acceptors (Lipinski definition) is 3. The van der Waals surface area contributed by atoms with Crippen LogP contribution in [0.2, 0.25) is 0 Å². The smallest absolute Gasteiger partial charge is 0.105 e. The van der Waals surface area contributed by atoms with Gasteiger partial charge in [-0.25, -0.2) is 0 Å². The van der Waals surface area contributed by atoms with Gasteiger partial charge in [0, 0.05) is 15.0 Å². The van der Waals surface area contributed by atoms with E-state index in [1.165, 1.54) is 27.8 Å². The average molecular weight is 319 g/mol. The van der Waals surface area contributed by atoms with Crippen molar-refractivity contribution in [2.45, 2.75) is 47.7 Å². The summed E-state index contributed by atoms with van der Waals surface area (Å²) in [6.45, 7) is 6.34.